The predicted molar refractivity (Wildman–Crippen MR) is 198 cm³/mol. The first-order chi connectivity index (χ1) is 23.5. The van der Waals surface area contributed by atoms with Gasteiger partial charge in [-0.25, -0.2) is 9.97 Å². The van der Waals surface area contributed by atoms with Crippen molar-refractivity contribution in [3.05, 3.63) is 157 Å². The number of para-hydroxylation sites is 3. The molecule has 2 aromatic heterocycles. The maximum absolute atomic E-state index is 6.18. The molecule has 3 heteroatoms. The van der Waals surface area contributed by atoms with Crippen molar-refractivity contribution >= 4 is 43.7 Å². The summed E-state index contributed by atoms with van der Waals surface area (Å²) in [5.41, 5.74) is 14.9. The van der Waals surface area contributed by atoms with Gasteiger partial charge in [-0.05, 0) is 86.6 Å². The number of hydrogen-bond acceptors (Lipinski definition) is 3. The number of benzene rings is 7. The Morgan fingerprint density at radius 2 is 1.06 bits per heavy atom. The second kappa shape index (κ2) is 9.97. The summed E-state index contributed by atoms with van der Waals surface area (Å²) >= 11 is 0. The summed E-state index contributed by atoms with van der Waals surface area (Å²) in [4.78, 5) is 10.5. The van der Waals surface area contributed by atoms with E-state index in [9.17, 15) is 0 Å². The monoisotopic (exact) mass is 614 g/mol. The van der Waals surface area contributed by atoms with Crippen molar-refractivity contribution in [2.24, 2.45) is 0 Å². The molecule has 2 heterocycles. The second-order valence-corrected chi connectivity index (χ2v) is 13.4. The average molecular weight is 615 g/mol. The second-order valence-electron chi connectivity index (χ2n) is 13.4. The van der Waals surface area contributed by atoms with Crippen LogP contribution in [0.3, 0.4) is 0 Å². The molecular formula is C45H30N2O. The van der Waals surface area contributed by atoms with Crippen LogP contribution in [0.25, 0.3) is 88.5 Å². The van der Waals surface area contributed by atoms with Crippen LogP contribution in [0.15, 0.2) is 150 Å². The Morgan fingerprint density at radius 1 is 0.458 bits per heavy atom. The number of rotatable bonds is 3. The Labute approximate surface area is 278 Å². The van der Waals surface area contributed by atoms with Crippen LogP contribution in [0.2, 0.25) is 0 Å². The third kappa shape index (κ3) is 3.94. The van der Waals surface area contributed by atoms with E-state index in [1.54, 1.807) is 0 Å². The van der Waals surface area contributed by atoms with E-state index < -0.39 is 0 Å². The molecule has 0 bridgehead atoms. The lowest BCUT2D eigenvalue weighted by Gasteiger charge is -2.22. The van der Waals surface area contributed by atoms with Crippen molar-refractivity contribution in [2.45, 2.75) is 19.3 Å². The van der Waals surface area contributed by atoms with Gasteiger partial charge >= 0.3 is 0 Å². The fourth-order valence-corrected chi connectivity index (χ4v) is 7.79. The minimum atomic E-state index is -0.144. The molecule has 10 rings (SSSR count). The first-order valence-corrected chi connectivity index (χ1v) is 16.5. The van der Waals surface area contributed by atoms with E-state index in [4.69, 9.17) is 14.4 Å². The molecule has 0 amide bonds. The van der Waals surface area contributed by atoms with E-state index >= 15 is 0 Å². The number of fused-ring (bicyclic) bond motifs is 8. The largest absolute Gasteiger partial charge is 0.456 e. The summed E-state index contributed by atoms with van der Waals surface area (Å²) in [6.07, 6.45) is 0. The lowest BCUT2D eigenvalue weighted by Crippen LogP contribution is -2.15. The molecule has 3 nitrogen and oxygen atoms in total. The van der Waals surface area contributed by atoms with Gasteiger partial charge in [0, 0.05) is 27.3 Å². The van der Waals surface area contributed by atoms with Crippen molar-refractivity contribution in [2.75, 3.05) is 0 Å². The first-order valence-electron chi connectivity index (χ1n) is 16.5. The van der Waals surface area contributed by atoms with E-state index in [0.29, 0.717) is 0 Å². The average Bonchev–Trinajstić information content (AvgIpc) is 3.62. The van der Waals surface area contributed by atoms with E-state index in [-0.39, 0.29) is 5.41 Å². The first kappa shape index (κ1) is 27.1. The Kier molecular flexibility index (Phi) is 5.63. The molecule has 1 aliphatic rings. The highest BCUT2D eigenvalue weighted by Crippen LogP contribution is 2.51. The zero-order chi connectivity index (χ0) is 32.0. The maximum Gasteiger partial charge on any atom is 0.136 e. The number of aromatic nitrogens is 2. The van der Waals surface area contributed by atoms with Crippen LogP contribution in [0.4, 0.5) is 0 Å². The quantitative estimate of drug-likeness (QED) is 0.199. The van der Waals surface area contributed by atoms with Gasteiger partial charge in [-0.3, -0.25) is 0 Å². The molecule has 7 aromatic carbocycles. The fourth-order valence-electron chi connectivity index (χ4n) is 7.79. The van der Waals surface area contributed by atoms with E-state index in [0.717, 1.165) is 66.6 Å². The van der Waals surface area contributed by atoms with Crippen LogP contribution >= 0.6 is 0 Å². The summed E-state index contributed by atoms with van der Waals surface area (Å²) in [6, 6.07) is 51.7. The summed E-state index contributed by atoms with van der Waals surface area (Å²) in [5, 5.41) is 4.82. The highest BCUT2D eigenvalue weighted by molar-refractivity contribution is 6.12. The third-order valence-electron chi connectivity index (χ3n) is 10.3. The molecule has 0 N–H and O–H groups in total. The van der Waals surface area contributed by atoms with Crippen molar-refractivity contribution in [1.82, 2.24) is 9.97 Å². The third-order valence-corrected chi connectivity index (χ3v) is 10.3. The molecule has 0 radical (unpaired) electrons. The van der Waals surface area contributed by atoms with E-state index in [1.165, 1.54) is 33.0 Å². The van der Waals surface area contributed by atoms with Gasteiger partial charge in [-0.15, -0.1) is 0 Å². The topological polar surface area (TPSA) is 38.9 Å². The van der Waals surface area contributed by atoms with Gasteiger partial charge in [0.25, 0.3) is 0 Å². The van der Waals surface area contributed by atoms with E-state index in [2.05, 4.69) is 117 Å². The van der Waals surface area contributed by atoms with Crippen molar-refractivity contribution in [3.8, 4) is 44.8 Å². The molecule has 226 valence electrons. The Balaban J connectivity index is 1.12. The molecule has 0 fully saturated rings. The predicted octanol–water partition coefficient (Wildman–Crippen LogP) is 12.0. The van der Waals surface area contributed by atoms with Crippen LogP contribution in [0.1, 0.15) is 25.0 Å². The van der Waals surface area contributed by atoms with Gasteiger partial charge in [0.2, 0.25) is 0 Å². The van der Waals surface area contributed by atoms with Crippen LogP contribution in [0.5, 0.6) is 0 Å². The maximum atomic E-state index is 6.18. The Morgan fingerprint density at radius 3 is 1.85 bits per heavy atom. The molecule has 0 saturated heterocycles. The summed E-state index contributed by atoms with van der Waals surface area (Å²) in [5.74, 6) is 0. The van der Waals surface area contributed by atoms with E-state index in [1.807, 2.05) is 42.5 Å². The molecule has 0 atom stereocenters. The van der Waals surface area contributed by atoms with Gasteiger partial charge in [0.15, 0.2) is 0 Å². The summed E-state index contributed by atoms with van der Waals surface area (Å²) in [6.45, 7) is 4.68. The van der Waals surface area contributed by atoms with Crippen molar-refractivity contribution in [3.63, 3.8) is 0 Å². The van der Waals surface area contributed by atoms with Gasteiger partial charge < -0.3 is 4.42 Å². The standard InChI is InChI=1S/C45H30N2O/c1-45(2)36-26-31(22-23-33(36)35-24-29-10-3-4-11-30(29)25-37(35)45)44-43(46-38-14-6-7-15-39(38)47-44)28-20-18-27(19-21-28)32-13-9-17-41-42(32)34-12-5-8-16-40(34)48-41/h3-26H,1-2H3. The molecule has 0 saturated carbocycles. The lowest BCUT2D eigenvalue weighted by atomic mass is 9.81. The number of hydrogen-bond donors (Lipinski definition) is 0. The smallest absolute Gasteiger partial charge is 0.136 e. The number of nitrogens with zero attached hydrogens (tertiary/aromatic N) is 2. The van der Waals surface area contributed by atoms with Gasteiger partial charge in [-0.1, -0.05) is 117 Å². The molecule has 0 unspecified atom stereocenters. The van der Waals surface area contributed by atoms with Crippen LogP contribution in [-0.2, 0) is 5.41 Å². The fraction of sp³-hybridized carbons (Fsp3) is 0.0667. The Bertz CT molecular complexity index is 2750. The van der Waals surface area contributed by atoms with Crippen molar-refractivity contribution < 1.29 is 4.42 Å². The molecule has 0 aliphatic heterocycles. The highest BCUT2D eigenvalue weighted by Gasteiger charge is 2.36. The van der Waals surface area contributed by atoms with Gasteiger partial charge in [0.1, 0.15) is 11.2 Å². The minimum absolute atomic E-state index is 0.144. The minimum Gasteiger partial charge on any atom is -0.456 e. The van der Waals surface area contributed by atoms with Crippen LogP contribution < -0.4 is 0 Å². The Hall–Kier alpha value is -6.06. The highest BCUT2D eigenvalue weighted by atomic mass is 16.3. The van der Waals surface area contributed by atoms with Crippen molar-refractivity contribution in [1.29, 1.82) is 0 Å². The molecule has 48 heavy (non-hydrogen) atoms. The normalized spacial score (nSPS) is 13.4. The molecule has 0 spiro atoms. The molecule has 1 aliphatic carbocycles. The summed E-state index contributed by atoms with van der Waals surface area (Å²) in [7, 11) is 0. The summed E-state index contributed by atoms with van der Waals surface area (Å²) < 4.78 is 6.18. The zero-order valence-corrected chi connectivity index (χ0v) is 26.7. The van der Waals surface area contributed by atoms with Crippen LogP contribution in [-0.4, -0.2) is 9.97 Å². The van der Waals surface area contributed by atoms with Crippen LogP contribution in [0, 0.1) is 0 Å². The van der Waals surface area contributed by atoms with Gasteiger partial charge in [0.05, 0.1) is 22.4 Å². The van der Waals surface area contributed by atoms with Gasteiger partial charge in [-0.2, -0.15) is 0 Å². The molecular weight excluding hydrogens is 585 g/mol. The number of furan rings is 1. The zero-order valence-electron chi connectivity index (χ0n) is 26.7. The SMILES string of the molecule is CC1(C)c2cc(-c3nc4ccccc4nc3-c3ccc(-c4cccc5oc6ccccc6c45)cc3)ccc2-c2cc3ccccc3cc21. The lowest BCUT2D eigenvalue weighted by molar-refractivity contribution is 0.661. The molecule has 9 aromatic rings.